The summed E-state index contributed by atoms with van der Waals surface area (Å²) in [7, 11) is 0. The Labute approximate surface area is 158 Å². The van der Waals surface area contributed by atoms with Crippen LogP contribution in [0.15, 0.2) is 42.7 Å². The third-order valence-electron chi connectivity index (χ3n) is 4.86. The zero-order valence-electron chi connectivity index (χ0n) is 14.3. The molecule has 3 heterocycles. The van der Waals surface area contributed by atoms with Crippen LogP contribution >= 0.6 is 11.3 Å². The number of carboxylic acids is 1. The minimum absolute atomic E-state index is 0.0262. The maximum absolute atomic E-state index is 10.9. The molecule has 0 unspecified atom stereocenters. The standard InChI is InChI=1S/C20H16N4O2S/c25-20(26)15-7-6-13(9-21-15)19-22-10-16(27-19)18-14-3-1-2-12(8-11-4-5-11)17(14)23-24-18/h1-3,6-7,9-11H,4-5,8H2,(H,23,24)(H,25,26). The summed E-state index contributed by atoms with van der Waals surface area (Å²) in [6.07, 6.45) is 7.11. The van der Waals surface area contributed by atoms with Crippen molar-refractivity contribution in [1.29, 1.82) is 0 Å². The Morgan fingerprint density at radius 3 is 2.81 bits per heavy atom. The summed E-state index contributed by atoms with van der Waals surface area (Å²) in [5.41, 5.74) is 4.15. The van der Waals surface area contributed by atoms with Crippen LogP contribution in [-0.4, -0.2) is 31.2 Å². The number of fused-ring (bicyclic) bond motifs is 1. The molecule has 0 atom stereocenters. The van der Waals surface area contributed by atoms with Crippen molar-refractivity contribution in [3.8, 4) is 21.1 Å². The van der Waals surface area contributed by atoms with Gasteiger partial charge >= 0.3 is 5.97 Å². The summed E-state index contributed by atoms with van der Waals surface area (Å²) in [4.78, 5) is 20.4. The molecule has 6 nitrogen and oxygen atoms in total. The summed E-state index contributed by atoms with van der Waals surface area (Å²) in [6.45, 7) is 0. The molecule has 0 spiro atoms. The highest BCUT2D eigenvalue weighted by molar-refractivity contribution is 7.18. The number of rotatable bonds is 5. The van der Waals surface area contributed by atoms with Crippen LogP contribution in [0.25, 0.3) is 32.0 Å². The molecule has 5 rings (SSSR count). The van der Waals surface area contributed by atoms with E-state index in [4.69, 9.17) is 5.11 Å². The number of H-pyrrole nitrogens is 1. The van der Waals surface area contributed by atoms with Crippen molar-refractivity contribution in [2.24, 2.45) is 5.92 Å². The van der Waals surface area contributed by atoms with Crippen LogP contribution in [0.2, 0.25) is 0 Å². The highest BCUT2D eigenvalue weighted by Crippen LogP contribution is 2.38. The Bertz CT molecular complexity index is 1140. The average Bonchev–Trinajstić information content (AvgIpc) is 3.19. The topological polar surface area (TPSA) is 91.8 Å². The Morgan fingerprint density at radius 1 is 1.19 bits per heavy atom. The number of carboxylic acid groups (broad SMARTS) is 1. The third kappa shape index (κ3) is 3.00. The summed E-state index contributed by atoms with van der Waals surface area (Å²) < 4.78 is 0. The summed E-state index contributed by atoms with van der Waals surface area (Å²) in [5.74, 6) is -0.223. The van der Waals surface area contributed by atoms with Gasteiger partial charge in [0.25, 0.3) is 0 Å². The van der Waals surface area contributed by atoms with E-state index < -0.39 is 5.97 Å². The smallest absolute Gasteiger partial charge is 0.354 e. The number of pyridine rings is 1. The predicted molar refractivity (Wildman–Crippen MR) is 104 cm³/mol. The van der Waals surface area contributed by atoms with Crippen LogP contribution in [0.1, 0.15) is 28.9 Å². The first kappa shape index (κ1) is 16.1. The van der Waals surface area contributed by atoms with Crippen LogP contribution in [-0.2, 0) is 6.42 Å². The van der Waals surface area contributed by atoms with Gasteiger partial charge in [-0.15, -0.1) is 11.3 Å². The first-order valence-corrected chi connectivity index (χ1v) is 9.62. The second-order valence-electron chi connectivity index (χ2n) is 6.83. The van der Waals surface area contributed by atoms with E-state index >= 15 is 0 Å². The van der Waals surface area contributed by atoms with Gasteiger partial charge in [-0.05, 0) is 42.9 Å². The van der Waals surface area contributed by atoms with Crippen molar-refractivity contribution < 1.29 is 9.90 Å². The van der Waals surface area contributed by atoms with Crippen molar-refractivity contribution in [1.82, 2.24) is 20.2 Å². The average molecular weight is 376 g/mol. The van der Waals surface area contributed by atoms with Crippen molar-refractivity contribution in [3.05, 3.63) is 54.0 Å². The zero-order valence-corrected chi connectivity index (χ0v) is 15.2. The number of nitrogens with zero attached hydrogens (tertiary/aromatic N) is 3. The van der Waals surface area contributed by atoms with Crippen molar-refractivity contribution in [3.63, 3.8) is 0 Å². The highest BCUT2D eigenvalue weighted by atomic mass is 32.1. The predicted octanol–water partition coefficient (Wildman–Crippen LogP) is 4.40. The Morgan fingerprint density at radius 2 is 2.07 bits per heavy atom. The van der Waals surface area contributed by atoms with E-state index in [1.807, 2.05) is 6.20 Å². The van der Waals surface area contributed by atoms with Gasteiger partial charge in [-0.2, -0.15) is 5.10 Å². The maximum Gasteiger partial charge on any atom is 0.354 e. The fourth-order valence-electron chi connectivity index (χ4n) is 3.25. The zero-order chi connectivity index (χ0) is 18.4. The quantitative estimate of drug-likeness (QED) is 0.539. The third-order valence-corrected chi connectivity index (χ3v) is 5.92. The van der Waals surface area contributed by atoms with E-state index in [1.54, 1.807) is 12.3 Å². The lowest BCUT2D eigenvalue weighted by atomic mass is 10.0. The fourth-order valence-corrected chi connectivity index (χ4v) is 4.17. The summed E-state index contributed by atoms with van der Waals surface area (Å²) in [6, 6.07) is 9.58. The van der Waals surface area contributed by atoms with Crippen molar-refractivity contribution >= 4 is 28.2 Å². The van der Waals surface area contributed by atoms with Crippen molar-refractivity contribution in [2.75, 3.05) is 0 Å². The van der Waals surface area contributed by atoms with Gasteiger partial charge in [0.1, 0.15) is 10.7 Å². The molecule has 2 N–H and O–H groups in total. The molecule has 0 aliphatic heterocycles. The van der Waals surface area contributed by atoms with Gasteiger partial charge in [-0.1, -0.05) is 18.2 Å². The first-order chi connectivity index (χ1) is 13.2. The molecule has 0 bridgehead atoms. The lowest BCUT2D eigenvalue weighted by Gasteiger charge is -2.00. The molecule has 1 saturated carbocycles. The van der Waals surface area contributed by atoms with Gasteiger partial charge in [0.05, 0.1) is 16.1 Å². The number of hydrogen-bond acceptors (Lipinski definition) is 5. The number of carbonyl (C=O) groups is 1. The van der Waals surface area contributed by atoms with Crippen LogP contribution in [0.4, 0.5) is 0 Å². The second-order valence-corrected chi connectivity index (χ2v) is 7.86. The van der Waals surface area contributed by atoms with Crippen molar-refractivity contribution in [2.45, 2.75) is 19.3 Å². The van der Waals surface area contributed by atoms with Crippen LogP contribution in [0.3, 0.4) is 0 Å². The number of para-hydroxylation sites is 1. The second kappa shape index (κ2) is 6.28. The van der Waals surface area contributed by atoms with E-state index in [9.17, 15) is 4.79 Å². The number of aromatic carboxylic acids is 1. The van der Waals surface area contributed by atoms with E-state index in [0.29, 0.717) is 0 Å². The highest BCUT2D eigenvalue weighted by Gasteiger charge is 2.23. The molecule has 1 aliphatic rings. The molecule has 134 valence electrons. The van der Waals surface area contributed by atoms with Crippen LogP contribution in [0.5, 0.6) is 0 Å². The molecule has 0 amide bonds. The maximum atomic E-state index is 10.9. The monoisotopic (exact) mass is 376 g/mol. The number of aromatic amines is 1. The lowest BCUT2D eigenvalue weighted by Crippen LogP contribution is -1.98. The number of nitrogens with one attached hydrogen (secondary N) is 1. The van der Waals surface area contributed by atoms with E-state index in [-0.39, 0.29) is 5.69 Å². The molecule has 0 saturated heterocycles. The van der Waals surface area contributed by atoms with Gasteiger partial charge in [0.15, 0.2) is 0 Å². The molecule has 3 aromatic heterocycles. The molecule has 0 radical (unpaired) electrons. The molecule has 1 fully saturated rings. The van der Waals surface area contributed by atoms with Crippen LogP contribution in [0, 0.1) is 5.92 Å². The van der Waals surface area contributed by atoms with Gasteiger partial charge in [-0.25, -0.2) is 14.8 Å². The fraction of sp³-hybridized carbons (Fsp3) is 0.200. The molecular formula is C20H16N4O2S. The molecule has 4 aromatic rings. The summed E-state index contributed by atoms with van der Waals surface area (Å²) in [5, 5.41) is 18.6. The number of aromatic nitrogens is 4. The SMILES string of the molecule is O=C(O)c1ccc(-c2ncc(-c3[nH]nc4c(CC5CC5)cccc34)s2)cn1. The molecule has 27 heavy (non-hydrogen) atoms. The van der Waals surface area contributed by atoms with Gasteiger partial charge < -0.3 is 5.11 Å². The number of hydrogen-bond donors (Lipinski definition) is 2. The largest absolute Gasteiger partial charge is 0.477 e. The van der Waals surface area contributed by atoms with E-state index in [1.165, 1.54) is 35.8 Å². The Hall–Kier alpha value is -3.06. The number of thiazole rings is 1. The molecular weight excluding hydrogens is 360 g/mol. The Kier molecular flexibility index (Phi) is 3.75. The molecule has 1 aliphatic carbocycles. The van der Waals surface area contributed by atoms with E-state index in [2.05, 4.69) is 38.4 Å². The molecule has 7 heteroatoms. The van der Waals surface area contributed by atoms with Crippen LogP contribution < -0.4 is 0 Å². The van der Waals surface area contributed by atoms with Gasteiger partial charge in [-0.3, -0.25) is 5.10 Å². The van der Waals surface area contributed by atoms with Gasteiger partial charge in [0, 0.05) is 23.3 Å². The normalized spacial score (nSPS) is 13.9. The minimum Gasteiger partial charge on any atom is -0.477 e. The van der Waals surface area contributed by atoms with E-state index in [0.717, 1.165) is 44.4 Å². The van der Waals surface area contributed by atoms with Gasteiger partial charge in [0.2, 0.25) is 0 Å². The first-order valence-electron chi connectivity index (χ1n) is 8.81. The minimum atomic E-state index is -1.03. The number of benzene rings is 1. The Balaban J connectivity index is 1.49. The summed E-state index contributed by atoms with van der Waals surface area (Å²) >= 11 is 1.54. The molecule has 1 aromatic carbocycles. The lowest BCUT2D eigenvalue weighted by molar-refractivity contribution is 0.0690.